The minimum atomic E-state index is 0. The van der Waals surface area contributed by atoms with Gasteiger partial charge in [-0.25, -0.2) is 0 Å². The topological polar surface area (TPSA) is 91.7 Å². The molecule has 1 aromatic heterocycles. The molecule has 1 aromatic carbocycles. The van der Waals surface area contributed by atoms with Gasteiger partial charge in [-0.05, 0) is 31.5 Å². The number of ether oxygens (including phenoxy) is 1. The number of methoxy groups -OCH3 is 1. The number of anilines is 1. The highest BCUT2D eigenvalue weighted by molar-refractivity contribution is 5.91. The fraction of sp³-hybridized carbons (Fsp3) is 0.357. The number of hydrogen-bond acceptors (Lipinski definition) is 4. The van der Waals surface area contributed by atoms with Gasteiger partial charge >= 0.3 is 0 Å². The summed E-state index contributed by atoms with van der Waals surface area (Å²) in [7, 11) is 1.68. The number of rotatable bonds is 6. The second kappa shape index (κ2) is 11.4. The van der Waals surface area contributed by atoms with E-state index in [1.165, 1.54) is 0 Å². The summed E-state index contributed by atoms with van der Waals surface area (Å²) >= 11 is 0. The van der Waals surface area contributed by atoms with Gasteiger partial charge < -0.3 is 21.3 Å². The van der Waals surface area contributed by atoms with Crippen molar-refractivity contribution in [3.8, 4) is 5.75 Å². The fourth-order valence-corrected chi connectivity index (χ4v) is 1.91. The normalized spacial score (nSPS) is 9.05. The highest BCUT2D eigenvalue weighted by Crippen LogP contribution is 2.27. The zero-order chi connectivity index (χ0) is 12.8. The first-order valence-corrected chi connectivity index (χ1v) is 6.22. The lowest BCUT2D eigenvalue weighted by Gasteiger charge is -2.11. The molecule has 0 spiro atoms. The number of halogens is 2. The number of aromatic nitrogens is 1. The van der Waals surface area contributed by atoms with Crippen LogP contribution in [0.5, 0.6) is 5.75 Å². The summed E-state index contributed by atoms with van der Waals surface area (Å²) in [6.07, 6.45) is 3.89. The lowest BCUT2D eigenvalue weighted by Crippen LogP contribution is -2.06. The van der Waals surface area contributed by atoms with Gasteiger partial charge in [-0.3, -0.25) is 4.98 Å². The van der Waals surface area contributed by atoms with Crippen LogP contribution in [-0.4, -0.2) is 30.7 Å². The summed E-state index contributed by atoms with van der Waals surface area (Å²) in [5.74, 6) is 0.844. The Morgan fingerprint density at radius 2 is 2.00 bits per heavy atom. The fourth-order valence-electron chi connectivity index (χ4n) is 1.91. The molecule has 0 atom stereocenters. The number of unbranched alkanes of at least 4 members (excludes halogenated alkanes) is 1. The summed E-state index contributed by atoms with van der Waals surface area (Å²) in [6.45, 7) is 1.63. The molecule has 0 bridgehead atoms. The highest BCUT2D eigenvalue weighted by Gasteiger charge is 2.04. The van der Waals surface area contributed by atoms with Gasteiger partial charge in [0.25, 0.3) is 0 Å². The molecule has 5 nitrogen and oxygen atoms in total. The van der Waals surface area contributed by atoms with Crippen LogP contribution in [0.15, 0.2) is 30.5 Å². The van der Waals surface area contributed by atoms with E-state index in [1.54, 1.807) is 13.3 Å². The maximum atomic E-state index is 5.48. The molecule has 0 radical (unpaired) electrons. The minimum Gasteiger partial charge on any atom is -0.497 e. The van der Waals surface area contributed by atoms with Gasteiger partial charge in [0, 0.05) is 24.2 Å². The predicted octanol–water partition coefficient (Wildman–Crippen LogP) is 2.41. The number of nitrogens with one attached hydrogen (secondary N) is 1. The standard InChI is InChI=1S/C14H19N3O.2ClH.H2O/c1-18-12-9-11-5-4-8-17-14(11)13(10-12)16-7-3-2-6-15;;;/h4-5,8-10,16H,2-3,6-7,15H2,1H3;2*1H;1H2. The quantitative estimate of drug-likeness (QED) is 0.793. The van der Waals surface area contributed by atoms with E-state index in [0.717, 1.165) is 48.3 Å². The van der Waals surface area contributed by atoms with Crippen LogP contribution >= 0.6 is 24.8 Å². The van der Waals surface area contributed by atoms with Crippen molar-refractivity contribution in [3.05, 3.63) is 30.5 Å². The number of fused-ring (bicyclic) bond motifs is 1. The average Bonchev–Trinajstić information content (AvgIpc) is 2.43. The molecule has 0 saturated carbocycles. The van der Waals surface area contributed by atoms with Crippen molar-refractivity contribution in [3.63, 3.8) is 0 Å². The van der Waals surface area contributed by atoms with Gasteiger partial charge in [0.2, 0.25) is 0 Å². The van der Waals surface area contributed by atoms with Crippen molar-refractivity contribution in [2.24, 2.45) is 5.73 Å². The molecular weight excluding hydrogens is 313 g/mol. The number of benzene rings is 1. The van der Waals surface area contributed by atoms with Gasteiger partial charge in [-0.1, -0.05) is 6.07 Å². The van der Waals surface area contributed by atoms with Crippen LogP contribution < -0.4 is 15.8 Å². The second-order valence-corrected chi connectivity index (χ2v) is 4.17. The number of nitrogens with zero attached hydrogens (tertiary/aromatic N) is 1. The number of hydrogen-bond donors (Lipinski definition) is 2. The van der Waals surface area contributed by atoms with E-state index in [9.17, 15) is 0 Å². The Hall–Kier alpha value is -1.27. The third-order valence-electron chi connectivity index (χ3n) is 2.86. The zero-order valence-electron chi connectivity index (χ0n) is 12.0. The van der Waals surface area contributed by atoms with Gasteiger partial charge in [-0.15, -0.1) is 24.8 Å². The third-order valence-corrected chi connectivity index (χ3v) is 2.86. The Morgan fingerprint density at radius 1 is 1.24 bits per heavy atom. The molecule has 0 saturated heterocycles. The van der Waals surface area contributed by atoms with Crippen LogP contribution in [0.1, 0.15) is 12.8 Å². The van der Waals surface area contributed by atoms with Gasteiger partial charge in [-0.2, -0.15) is 0 Å². The Kier molecular flexibility index (Phi) is 11.9. The number of nitrogens with two attached hydrogens (primary N) is 1. The van der Waals surface area contributed by atoms with Crippen molar-refractivity contribution in [2.45, 2.75) is 12.8 Å². The van der Waals surface area contributed by atoms with Gasteiger partial charge in [0.05, 0.1) is 18.3 Å². The molecule has 0 fully saturated rings. The van der Waals surface area contributed by atoms with Crippen LogP contribution in [0.25, 0.3) is 10.9 Å². The van der Waals surface area contributed by atoms with E-state index in [4.69, 9.17) is 10.5 Å². The Balaban J connectivity index is 0. The van der Waals surface area contributed by atoms with Crippen molar-refractivity contribution < 1.29 is 10.2 Å². The molecule has 21 heavy (non-hydrogen) atoms. The van der Waals surface area contributed by atoms with E-state index in [2.05, 4.69) is 10.3 Å². The molecule has 0 amide bonds. The van der Waals surface area contributed by atoms with Crippen molar-refractivity contribution >= 4 is 41.4 Å². The summed E-state index contributed by atoms with van der Waals surface area (Å²) in [4.78, 5) is 4.41. The van der Waals surface area contributed by atoms with E-state index in [1.807, 2.05) is 24.3 Å². The van der Waals surface area contributed by atoms with Crippen LogP contribution in [-0.2, 0) is 0 Å². The molecule has 0 unspecified atom stereocenters. The summed E-state index contributed by atoms with van der Waals surface area (Å²) in [5.41, 5.74) is 7.48. The zero-order valence-corrected chi connectivity index (χ0v) is 13.6. The molecular formula is C14H23Cl2N3O2. The molecule has 7 heteroatoms. The van der Waals surface area contributed by atoms with Crippen LogP contribution in [0.3, 0.4) is 0 Å². The van der Waals surface area contributed by atoms with Crippen LogP contribution in [0, 0.1) is 0 Å². The number of pyridine rings is 1. The summed E-state index contributed by atoms with van der Waals surface area (Å²) in [6, 6.07) is 7.95. The van der Waals surface area contributed by atoms with Crippen molar-refractivity contribution in [1.82, 2.24) is 4.98 Å². The first-order chi connectivity index (χ1) is 8.85. The largest absolute Gasteiger partial charge is 0.497 e. The predicted molar refractivity (Wildman–Crippen MR) is 93.2 cm³/mol. The SMILES string of the molecule is COc1cc(NCCCCN)c2ncccc2c1.Cl.Cl.O. The van der Waals surface area contributed by atoms with Gasteiger partial charge in [0.1, 0.15) is 5.75 Å². The minimum absolute atomic E-state index is 0. The highest BCUT2D eigenvalue weighted by atomic mass is 35.5. The van der Waals surface area contributed by atoms with Crippen molar-refractivity contribution in [2.75, 3.05) is 25.5 Å². The molecule has 5 N–H and O–H groups in total. The average molecular weight is 336 g/mol. The molecule has 2 rings (SSSR count). The second-order valence-electron chi connectivity index (χ2n) is 4.17. The lowest BCUT2D eigenvalue weighted by molar-refractivity contribution is 0.415. The third kappa shape index (κ3) is 5.93. The Morgan fingerprint density at radius 3 is 2.67 bits per heavy atom. The molecule has 0 aliphatic carbocycles. The monoisotopic (exact) mass is 335 g/mol. The maximum Gasteiger partial charge on any atom is 0.121 e. The molecule has 2 aromatic rings. The molecule has 120 valence electrons. The van der Waals surface area contributed by atoms with Crippen molar-refractivity contribution in [1.29, 1.82) is 0 Å². The lowest BCUT2D eigenvalue weighted by atomic mass is 10.1. The summed E-state index contributed by atoms with van der Waals surface area (Å²) in [5, 5.41) is 4.48. The summed E-state index contributed by atoms with van der Waals surface area (Å²) < 4.78 is 5.30. The molecule has 0 aliphatic rings. The Labute approximate surface area is 137 Å². The van der Waals surface area contributed by atoms with Gasteiger partial charge in [0.15, 0.2) is 0 Å². The van der Waals surface area contributed by atoms with E-state index in [0.29, 0.717) is 0 Å². The first kappa shape index (κ1) is 22.0. The van der Waals surface area contributed by atoms with Crippen LogP contribution in [0.4, 0.5) is 5.69 Å². The molecule has 0 aliphatic heterocycles. The van der Waals surface area contributed by atoms with E-state index < -0.39 is 0 Å². The maximum absolute atomic E-state index is 5.48. The van der Waals surface area contributed by atoms with E-state index in [-0.39, 0.29) is 30.3 Å². The Bertz CT molecular complexity index is 527. The van der Waals surface area contributed by atoms with E-state index >= 15 is 0 Å². The molecule has 1 heterocycles. The van der Waals surface area contributed by atoms with Crippen LogP contribution in [0.2, 0.25) is 0 Å². The smallest absolute Gasteiger partial charge is 0.121 e. The first-order valence-electron chi connectivity index (χ1n) is 6.22.